The van der Waals surface area contributed by atoms with Crippen LogP contribution in [0.15, 0.2) is 41.2 Å². The van der Waals surface area contributed by atoms with Gasteiger partial charge in [-0.25, -0.2) is 0 Å². The van der Waals surface area contributed by atoms with Crippen molar-refractivity contribution in [1.82, 2.24) is 15.5 Å². The van der Waals surface area contributed by atoms with Crippen LogP contribution in [-0.2, 0) is 6.54 Å². The van der Waals surface area contributed by atoms with E-state index in [1.54, 1.807) is 12.5 Å². The third kappa shape index (κ3) is 3.11. The van der Waals surface area contributed by atoms with E-state index >= 15 is 0 Å². The van der Waals surface area contributed by atoms with Crippen molar-refractivity contribution in [1.29, 1.82) is 0 Å². The largest absolute Gasteiger partial charge is 0.465 e. The van der Waals surface area contributed by atoms with E-state index in [0.29, 0.717) is 0 Å². The lowest BCUT2D eigenvalue weighted by Gasteiger charge is -1.96. The average molecular weight is 203 g/mol. The molecule has 2 aromatic rings. The first kappa shape index (κ1) is 9.73. The first-order valence-electron chi connectivity index (χ1n) is 4.84. The van der Waals surface area contributed by atoms with E-state index in [1.165, 1.54) is 0 Å². The van der Waals surface area contributed by atoms with Crippen LogP contribution in [0.1, 0.15) is 11.5 Å². The smallest absolute Gasteiger partial charge is 0.126 e. The summed E-state index contributed by atoms with van der Waals surface area (Å²) in [6.45, 7) is 1.60. The van der Waals surface area contributed by atoms with E-state index in [4.69, 9.17) is 4.42 Å². The maximum atomic E-state index is 5.16. The second kappa shape index (κ2) is 5.17. The maximum Gasteiger partial charge on any atom is 0.126 e. The quantitative estimate of drug-likeness (QED) is 0.728. The van der Waals surface area contributed by atoms with Crippen molar-refractivity contribution in [3.05, 3.63) is 48.2 Å². The number of aromatic nitrogens is 2. The Bertz CT molecular complexity index is 389. The second-order valence-electron chi connectivity index (χ2n) is 3.13. The highest BCUT2D eigenvalue weighted by atomic mass is 16.3. The summed E-state index contributed by atoms with van der Waals surface area (Å²) in [6.07, 6.45) is 7.38. The number of nitrogens with one attached hydrogen (secondary N) is 2. The van der Waals surface area contributed by atoms with Crippen LogP contribution in [0, 0.1) is 0 Å². The Morgan fingerprint density at radius 2 is 2.47 bits per heavy atom. The fraction of sp³-hybridized carbons (Fsp3) is 0.182. The van der Waals surface area contributed by atoms with Crippen LogP contribution in [0.5, 0.6) is 0 Å². The van der Waals surface area contributed by atoms with Gasteiger partial charge in [-0.15, -0.1) is 0 Å². The van der Waals surface area contributed by atoms with Gasteiger partial charge in [-0.2, -0.15) is 5.10 Å². The molecule has 15 heavy (non-hydrogen) atoms. The fourth-order valence-corrected chi connectivity index (χ4v) is 1.23. The molecule has 0 saturated heterocycles. The number of furan rings is 1. The van der Waals surface area contributed by atoms with E-state index in [0.717, 1.165) is 24.5 Å². The van der Waals surface area contributed by atoms with Crippen LogP contribution in [-0.4, -0.2) is 16.7 Å². The number of H-pyrrole nitrogens is 1. The predicted molar refractivity (Wildman–Crippen MR) is 58.0 cm³/mol. The molecule has 0 aliphatic heterocycles. The summed E-state index contributed by atoms with van der Waals surface area (Å²) < 4.78 is 5.16. The fourth-order valence-electron chi connectivity index (χ4n) is 1.23. The molecule has 0 aliphatic rings. The molecule has 0 saturated carbocycles. The van der Waals surface area contributed by atoms with Gasteiger partial charge < -0.3 is 9.73 Å². The minimum absolute atomic E-state index is 0.794. The Labute approximate surface area is 88.0 Å². The van der Waals surface area contributed by atoms with Gasteiger partial charge in [0.1, 0.15) is 5.76 Å². The highest BCUT2D eigenvalue weighted by molar-refractivity contribution is 5.42. The minimum atomic E-state index is 0.794. The van der Waals surface area contributed by atoms with E-state index in [-0.39, 0.29) is 0 Å². The average Bonchev–Trinajstić information content (AvgIpc) is 2.88. The minimum Gasteiger partial charge on any atom is -0.465 e. The Morgan fingerprint density at radius 1 is 1.47 bits per heavy atom. The zero-order valence-electron chi connectivity index (χ0n) is 8.31. The highest BCUT2D eigenvalue weighted by Gasteiger charge is 1.90. The van der Waals surface area contributed by atoms with Gasteiger partial charge in [0, 0.05) is 25.0 Å². The van der Waals surface area contributed by atoms with Gasteiger partial charge in [0.15, 0.2) is 0 Å². The summed E-state index contributed by atoms with van der Waals surface area (Å²) in [4.78, 5) is 0. The molecule has 0 aromatic carbocycles. The van der Waals surface area contributed by atoms with Crippen LogP contribution in [0.2, 0.25) is 0 Å². The highest BCUT2D eigenvalue weighted by Crippen LogP contribution is 2.01. The van der Waals surface area contributed by atoms with Gasteiger partial charge in [-0.05, 0) is 24.3 Å². The standard InChI is InChI=1S/C11H13N3O/c1(3-11-4-2-8-15-11)6-12-9-10-5-7-13-14-10/h1-5,7-8,12H,6,9H2,(H,13,14)/b3-1+. The third-order valence-electron chi connectivity index (χ3n) is 1.96. The monoisotopic (exact) mass is 203 g/mol. The summed E-state index contributed by atoms with van der Waals surface area (Å²) >= 11 is 0. The number of hydrogen-bond donors (Lipinski definition) is 2. The third-order valence-corrected chi connectivity index (χ3v) is 1.96. The van der Waals surface area contributed by atoms with Gasteiger partial charge in [-0.1, -0.05) is 6.08 Å². The molecule has 0 fully saturated rings. The van der Waals surface area contributed by atoms with Crippen molar-refractivity contribution in [2.24, 2.45) is 0 Å². The molecule has 2 heterocycles. The van der Waals surface area contributed by atoms with Crippen molar-refractivity contribution in [3.8, 4) is 0 Å². The molecule has 2 N–H and O–H groups in total. The predicted octanol–water partition coefficient (Wildman–Crippen LogP) is 1.81. The van der Waals surface area contributed by atoms with E-state index in [1.807, 2.05) is 30.4 Å². The summed E-state index contributed by atoms with van der Waals surface area (Å²) in [5.41, 5.74) is 1.08. The molecule has 0 bridgehead atoms. The molecule has 0 unspecified atom stereocenters. The Hall–Kier alpha value is -1.81. The zero-order valence-corrected chi connectivity index (χ0v) is 8.31. The Kier molecular flexibility index (Phi) is 3.35. The van der Waals surface area contributed by atoms with Crippen molar-refractivity contribution in [2.45, 2.75) is 6.54 Å². The van der Waals surface area contributed by atoms with Gasteiger partial charge >= 0.3 is 0 Å². The van der Waals surface area contributed by atoms with Crippen molar-refractivity contribution >= 4 is 6.08 Å². The molecule has 0 radical (unpaired) electrons. The first-order valence-corrected chi connectivity index (χ1v) is 4.84. The molecule has 0 amide bonds. The number of nitrogens with zero attached hydrogens (tertiary/aromatic N) is 1. The molecule has 2 aromatic heterocycles. The van der Waals surface area contributed by atoms with Crippen LogP contribution in [0.3, 0.4) is 0 Å². The van der Waals surface area contributed by atoms with Crippen LogP contribution >= 0.6 is 0 Å². The molecule has 78 valence electrons. The lowest BCUT2D eigenvalue weighted by Crippen LogP contribution is -2.12. The Morgan fingerprint density at radius 3 is 3.20 bits per heavy atom. The summed E-state index contributed by atoms with van der Waals surface area (Å²) in [5.74, 6) is 0.873. The molecular weight excluding hydrogens is 190 g/mol. The van der Waals surface area contributed by atoms with E-state index < -0.39 is 0 Å². The number of aromatic amines is 1. The van der Waals surface area contributed by atoms with Crippen molar-refractivity contribution < 1.29 is 4.42 Å². The molecule has 4 heteroatoms. The zero-order chi connectivity index (χ0) is 10.3. The molecule has 4 nitrogen and oxygen atoms in total. The van der Waals surface area contributed by atoms with E-state index in [9.17, 15) is 0 Å². The van der Waals surface area contributed by atoms with Gasteiger partial charge in [0.2, 0.25) is 0 Å². The lowest BCUT2D eigenvalue weighted by molar-refractivity contribution is 0.556. The molecule has 0 atom stereocenters. The molecule has 2 rings (SSSR count). The van der Waals surface area contributed by atoms with Crippen LogP contribution < -0.4 is 5.32 Å². The van der Waals surface area contributed by atoms with Crippen LogP contribution in [0.4, 0.5) is 0 Å². The Balaban J connectivity index is 1.67. The topological polar surface area (TPSA) is 53.9 Å². The summed E-state index contributed by atoms with van der Waals surface area (Å²) in [7, 11) is 0. The first-order chi connectivity index (χ1) is 7.45. The van der Waals surface area contributed by atoms with Crippen molar-refractivity contribution in [2.75, 3.05) is 6.54 Å². The molecule has 0 spiro atoms. The van der Waals surface area contributed by atoms with E-state index in [2.05, 4.69) is 15.5 Å². The van der Waals surface area contributed by atoms with Gasteiger partial charge in [-0.3, -0.25) is 5.10 Å². The molecular formula is C11H13N3O. The SMILES string of the molecule is C(=C\c1ccco1)/CNCc1ccn[nH]1. The van der Waals surface area contributed by atoms with Gasteiger partial charge in [0.05, 0.1) is 6.26 Å². The number of rotatable bonds is 5. The summed E-state index contributed by atoms with van der Waals surface area (Å²) in [6, 6.07) is 5.74. The van der Waals surface area contributed by atoms with Crippen molar-refractivity contribution in [3.63, 3.8) is 0 Å². The summed E-state index contributed by atoms with van der Waals surface area (Å²) in [5, 5.41) is 10.0. The molecule has 0 aliphatic carbocycles. The normalized spacial score (nSPS) is 11.2. The van der Waals surface area contributed by atoms with Gasteiger partial charge in [0.25, 0.3) is 0 Å². The second-order valence-corrected chi connectivity index (χ2v) is 3.13. The lowest BCUT2D eigenvalue weighted by atomic mass is 10.4. The maximum absolute atomic E-state index is 5.16. The van der Waals surface area contributed by atoms with Crippen LogP contribution in [0.25, 0.3) is 6.08 Å². The number of hydrogen-bond acceptors (Lipinski definition) is 3.